The van der Waals surface area contributed by atoms with Crippen LogP contribution in [0.25, 0.3) is 0 Å². The van der Waals surface area contributed by atoms with E-state index in [1.54, 1.807) is 16.2 Å². The molecule has 0 spiro atoms. The van der Waals surface area contributed by atoms with E-state index < -0.39 is 0 Å². The Balaban J connectivity index is 2.15. The molecule has 1 aromatic rings. The first kappa shape index (κ1) is 12.1. The van der Waals surface area contributed by atoms with Gasteiger partial charge >= 0.3 is 0 Å². The molecule has 2 rings (SSSR count). The fourth-order valence-corrected chi connectivity index (χ4v) is 3.04. The first-order chi connectivity index (χ1) is 8.26. The molecule has 0 N–H and O–H groups in total. The second kappa shape index (κ2) is 5.33. The number of likely N-dealkylation sites (tertiary alicyclic amines) is 1. The van der Waals surface area contributed by atoms with Crippen LogP contribution in [0.1, 0.15) is 40.7 Å². The highest BCUT2D eigenvalue weighted by molar-refractivity contribution is 7.14. The molecule has 0 radical (unpaired) electrons. The summed E-state index contributed by atoms with van der Waals surface area (Å²) in [6.45, 7) is 2.80. The molecule has 1 aromatic heterocycles. The van der Waals surface area contributed by atoms with Gasteiger partial charge in [0.15, 0.2) is 0 Å². The smallest absolute Gasteiger partial charge is 0.264 e. The molecule has 1 saturated heterocycles. The molecule has 1 unspecified atom stereocenters. The van der Waals surface area contributed by atoms with E-state index in [0.29, 0.717) is 0 Å². The number of nitriles is 1. The maximum absolute atomic E-state index is 12.3. The minimum atomic E-state index is -0.233. The predicted molar refractivity (Wildman–Crippen MR) is 68.0 cm³/mol. The Morgan fingerprint density at radius 2 is 2.41 bits per heavy atom. The van der Waals surface area contributed by atoms with Crippen molar-refractivity contribution in [1.29, 1.82) is 5.26 Å². The summed E-state index contributed by atoms with van der Waals surface area (Å²) in [7, 11) is 0. The third-order valence-corrected chi connectivity index (χ3v) is 4.35. The van der Waals surface area contributed by atoms with Gasteiger partial charge in [-0.05, 0) is 37.8 Å². The highest BCUT2D eigenvalue weighted by Gasteiger charge is 2.27. The quantitative estimate of drug-likeness (QED) is 0.807. The van der Waals surface area contributed by atoms with Gasteiger partial charge in [-0.15, -0.1) is 11.3 Å². The van der Waals surface area contributed by atoms with Crippen LogP contribution in [0.3, 0.4) is 0 Å². The SMILES string of the molecule is CCc1ccc(C(=O)N2CCCCC2C#N)s1. The molecule has 2 heterocycles. The van der Waals surface area contributed by atoms with Crippen molar-refractivity contribution in [2.45, 2.75) is 38.6 Å². The first-order valence-corrected chi connectivity index (χ1v) is 6.87. The molecule has 0 bridgehead atoms. The minimum absolute atomic E-state index is 0.0287. The number of carbonyl (C=O) groups excluding carboxylic acids is 1. The molecular formula is C13H16N2OS. The molecule has 1 aliphatic rings. The zero-order valence-electron chi connectivity index (χ0n) is 9.98. The molecule has 1 atom stereocenters. The molecule has 3 nitrogen and oxygen atoms in total. The lowest BCUT2D eigenvalue weighted by atomic mass is 10.0. The van der Waals surface area contributed by atoms with Crippen LogP contribution in [0.15, 0.2) is 12.1 Å². The van der Waals surface area contributed by atoms with Crippen molar-refractivity contribution in [2.24, 2.45) is 0 Å². The Morgan fingerprint density at radius 1 is 1.59 bits per heavy atom. The summed E-state index contributed by atoms with van der Waals surface area (Å²) in [6.07, 6.45) is 3.83. The molecule has 1 amide bonds. The Kier molecular flexibility index (Phi) is 3.80. The second-order valence-corrected chi connectivity index (χ2v) is 5.43. The third-order valence-electron chi connectivity index (χ3n) is 3.13. The van der Waals surface area contributed by atoms with Crippen molar-refractivity contribution < 1.29 is 4.79 Å². The van der Waals surface area contributed by atoms with E-state index in [0.717, 1.165) is 37.1 Å². The number of hydrogen-bond donors (Lipinski definition) is 0. The standard InChI is InChI=1S/C13H16N2OS/c1-2-11-6-7-12(17-11)13(16)15-8-4-3-5-10(15)9-14/h6-7,10H,2-5,8H2,1H3. The summed E-state index contributed by atoms with van der Waals surface area (Å²) in [4.78, 5) is 16.0. The maximum Gasteiger partial charge on any atom is 0.264 e. The van der Waals surface area contributed by atoms with Gasteiger partial charge in [0.1, 0.15) is 6.04 Å². The Morgan fingerprint density at radius 3 is 3.06 bits per heavy atom. The van der Waals surface area contributed by atoms with Crippen LogP contribution in [0, 0.1) is 11.3 Å². The fourth-order valence-electron chi connectivity index (χ4n) is 2.13. The fraction of sp³-hybridized carbons (Fsp3) is 0.538. The van der Waals surface area contributed by atoms with Gasteiger partial charge in [-0.1, -0.05) is 6.92 Å². The number of piperidine rings is 1. The number of thiophene rings is 1. The Labute approximate surface area is 106 Å². The molecule has 1 aliphatic heterocycles. The van der Waals surface area contributed by atoms with Crippen LogP contribution >= 0.6 is 11.3 Å². The molecule has 0 aromatic carbocycles. The summed E-state index contributed by atoms with van der Waals surface area (Å²) >= 11 is 1.55. The van der Waals surface area contributed by atoms with Crippen molar-refractivity contribution in [3.63, 3.8) is 0 Å². The summed E-state index contributed by atoms with van der Waals surface area (Å²) in [6, 6.07) is 5.89. The molecular weight excluding hydrogens is 232 g/mol. The lowest BCUT2D eigenvalue weighted by Gasteiger charge is -2.30. The Hall–Kier alpha value is -1.34. The lowest BCUT2D eigenvalue weighted by Crippen LogP contribution is -2.42. The van der Waals surface area contributed by atoms with Gasteiger partial charge in [0, 0.05) is 11.4 Å². The van der Waals surface area contributed by atoms with Crippen LogP contribution in [0.5, 0.6) is 0 Å². The van der Waals surface area contributed by atoms with Gasteiger partial charge in [-0.25, -0.2) is 0 Å². The highest BCUT2D eigenvalue weighted by Crippen LogP contribution is 2.23. The van der Waals surface area contributed by atoms with E-state index in [1.807, 2.05) is 12.1 Å². The van der Waals surface area contributed by atoms with E-state index in [-0.39, 0.29) is 11.9 Å². The van der Waals surface area contributed by atoms with Gasteiger partial charge in [0.25, 0.3) is 5.91 Å². The predicted octanol–water partition coefficient (Wildman–Crippen LogP) is 2.83. The van der Waals surface area contributed by atoms with Crippen molar-refractivity contribution >= 4 is 17.2 Å². The van der Waals surface area contributed by atoms with Crippen LogP contribution in [-0.4, -0.2) is 23.4 Å². The number of aryl methyl sites for hydroxylation is 1. The van der Waals surface area contributed by atoms with Gasteiger partial charge in [0.2, 0.25) is 0 Å². The largest absolute Gasteiger partial charge is 0.322 e. The summed E-state index contributed by atoms with van der Waals surface area (Å²) in [5.74, 6) is 0.0287. The topological polar surface area (TPSA) is 44.1 Å². The van der Waals surface area contributed by atoms with E-state index in [9.17, 15) is 4.79 Å². The van der Waals surface area contributed by atoms with Crippen LogP contribution in [0.4, 0.5) is 0 Å². The molecule has 4 heteroatoms. The monoisotopic (exact) mass is 248 g/mol. The van der Waals surface area contributed by atoms with Crippen LogP contribution in [-0.2, 0) is 6.42 Å². The molecule has 0 aliphatic carbocycles. The summed E-state index contributed by atoms with van der Waals surface area (Å²) in [5.41, 5.74) is 0. The van der Waals surface area contributed by atoms with Crippen molar-refractivity contribution in [3.8, 4) is 6.07 Å². The molecule has 17 heavy (non-hydrogen) atoms. The third kappa shape index (κ3) is 2.50. The molecule has 1 fully saturated rings. The van der Waals surface area contributed by atoms with Gasteiger partial charge in [0.05, 0.1) is 10.9 Å². The number of amides is 1. The van der Waals surface area contributed by atoms with Crippen LogP contribution in [0.2, 0.25) is 0 Å². The lowest BCUT2D eigenvalue weighted by molar-refractivity contribution is 0.0675. The normalized spacial score (nSPS) is 20.0. The second-order valence-electron chi connectivity index (χ2n) is 4.26. The summed E-state index contributed by atoms with van der Waals surface area (Å²) < 4.78 is 0. The van der Waals surface area contributed by atoms with Crippen molar-refractivity contribution in [1.82, 2.24) is 4.90 Å². The van der Waals surface area contributed by atoms with Crippen molar-refractivity contribution in [3.05, 3.63) is 21.9 Å². The van der Waals surface area contributed by atoms with E-state index in [1.165, 1.54) is 4.88 Å². The van der Waals surface area contributed by atoms with E-state index in [4.69, 9.17) is 5.26 Å². The summed E-state index contributed by atoms with van der Waals surface area (Å²) in [5, 5.41) is 9.07. The molecule has 0 saturated carbocycles. The zero-order valence-corrected chi connectivity index (χ0v) is 10.8. The van der Waals surface area contributed by atoms with Gasteiger partial charge < -0.3 is 4.90 Å². The number of rotatable bonds is 2. The average molecular weight is 248 g/mol. The molecule has 90 valence electrons. The van der Waals surface area contributed by atoms with Crippen LogP contribution < -0.4 is 0 Å². The zero-order chi connectivity index (χ0) is 12.3. The van der Waals surface area contributed by atoms with Crippen molar-refractivity contribution in [2.75, 3.05) is 6.54 Å². The number of hydrogen-bond acceptors (Lipinski definition) is 3. The minimum Gasteiger partial charge on any atom is -0.322 e. The van der Waals surface area contributed by atoms with Gasteiger partial charge in [-0.3, -0.25) is 4.79 Å². The first-order valence-electron chi connectivity index (χ1n) is 6.05. The number of nitrogens with zero attached hydrogens (tertiary/aromatic N) is 2. The highest BCUT2D eigenvalue weighted by atomic mass is 32.1. The van der Waals surface area contributed by atoms with E-state index in [2.05, 4.69) is 13.0 Å². The maximum atomic E-state index is 12.3. The van der Waals surface area contributed by atoms with Gasteiger partial charge in [-0.2, -0.15) is 5.26 Å². The Bertz CT molecular complexity index is 447. The average Bonchev–Trinajstić information content (AvgIpc) is 2.86. The van der Waals surface area contributed by atoms with E-state index >= 15 is 0 Å². The number of carbonyl (C=O) groups is 1.